The Morgan fingerprint density at radius 2 is 1.73 bits per heavy atom. The number of carbonyl (C=O) groups is 2. The van der Waals surface area contributed by atoms with Gasteiger partial charge in [-0.25, -0.2) is 9.79 Å². The summed E-state index contributed by atoms with van der Waals surface area (Å²) in [5.74, 6) is 0.395. The summed E-state index contributed by atoms with van der Waals surface area (Å²) in [6, 6.07) is 16.2. The number of ether oxygens (including phenoxy) is 3. The molecule has 10 nitrogen and oxygen atoms in total. The molecule has 12 heteroatoms. The first-order chi connectivity index (χ1) is 25.2. The summed E-state index contributed by atoms with van der Waals surface area (Å²) in [5.41, 5.74) is 5.92. The molecule has 4 heterocycles. The van der Waals surface area contributed by atoms with E-state index in [1.54, 1.807) is 28.0 Å². The summed E-state index contributed by atoms with van der Waals surface area (Å²) < 4.78 is 20.9. The lowest BCUT2D eigenvalue weighted by Gasteiger charge is -2.23. The fourth-order valence-electron chi connectivity index (χ4n) is 7.03. The summed E-state index contributed by atoms with van der Waals surface area (Å²) in [7, 11) is 1.31. The van der Waals surface area contributed by atoms with Crippen molar-refractivity contribution in [2.45, 2.75) is 59.4 Å². The van der Waals surface area contributed by atoms with Crippen molar-refractivity contribution >= 4 is 46.3 Å². The second-order valence-electron chi connectivity index (χ2n) is 12.6. The normalized spacial score (nSPS) is 15.3. The summed E-state index contributed by atoms with van der Waals surface area (Å²) in [6.07, 6.45) is 7.33. The third kappa shape index (κ3) is 6.41. The predicted octanol–water partition coefficient (Wildman–Crippen LogP) is 6.42. The fourth-order valence-corrected chi connectivity index (χ4v) is 9.49. The number of hydrogen-bond donors (Lipinski definition) is 1. The second kappa shape index (κ2) is 14.8. The number of nitrogens with one attached hydrogen (secondary N) is 1. The van der Waals surface area contributed by atoms with E-state index in [0.717, 1.165) is 58.9 Å². The Morgan fingerprint density at radius 1 is 0.981 bits per heavy atom. The third-order valence-corrected chi connectivity index (χ3v) is 11.7. The zero-order valence-electron chi connectivity index (χ0n) is 29.8. The molecule has 1 aliphatic heterocycles. The van der Waals surface area contributed by atoms with Crippen LogP contribution in [-0.4, -0.2) is 41.3 Å². The first kappa shape index (κ1) is 35.2. The smallest absolute Gasteiger partial charge is 0.337 e. The van der Waals surface area contributed by atoms with Crippen molar-refractivity contribution in [2.75, 3.05) is 25.6 Å². The summed E-state index contributed by atoms with van der Waals surface area (Å²) in [5, 5.41) is 4.01. The molecule has 1 N–H and O–H groups in total. The van der Waals surface area contributed by atoms with E-state index in [-0.39, 0.29) is 17.0 Å². The average Bonchev–Trinajstić information content (AvgIpc) is 3.78. The van der Waals surface area contributed by atoms with Crippen molar-refractivity contribution in [1.82, 2.24) is 9.13 Å². The van der Waals surface area contributed by atoms with E-state index < -0.39 is 12.0 Å². The van der Waals surface area contributed by atoms with Crippen LogP contribution >= 0.6 is 22.7 Å². The molecule has 1 aliphatic carbocycles. The number of amides is 1. The number of aryl methyl sites for hydroxylation is 2. The van der Waals surface area contributed by atoms with Gasteiger partial charge in [0.05, 0.1) is 42.0 Å². The highest BCUT2D eigenvalue weighted by atomic mass is 32.1. The summed E-state index contributed by atoms with van der Waals surface area (Å²) in [4.78, 5) is 47.6. The number of para-hydroxylation sites is 1. The number of methoxy groups -OCH3 is 1. The number of benzene rings is 2. The van der Waals surface area contributed by atoms with Gasteiger partial charge in [0.2, 0.25) is 0 Å². The first-order valence-electron chi connectivity index (χ1n) is 17.4. The zero-order chi connectivity index (χ0) is 36.5. The van der Waals surface area contributed by atoms with Gasteiger partial charge in [-0.15, -0.1) is 11.3 Å². The molecule has 5 aromatic rings. The van der Waals surface area contributed by atoms with Crippen LogP contribution in [0.15, 0.2) is 76.2 Å². The number of fused-ring (bicyclic) bond motifs is 2. The Kier molecular flexibility index (Phi) is 10.0. The van der Waals surface area contributed by atoms with Crippen molar-refractivity contribution in [3.05, 3.63) is 125 Å². The standard InChI is InChI=1S/C40H40N4O6S2/c1-6-49-30-18-17-25(20-31(30)50-7-2)35-29(39(47)48-5)22-41-40-44(35)37(46)33(52-40)21-26-19-23(3)43(24(26)4)38-34(28-15-11-12-16-32(28)51-38)36(45)42-27-13-9-8-10-14-27/h8-10,13-14,17-22,35H,6-7,11-12,15-16H2,1-5H3,(H,42,45)/b33-21-/t35-/m0/s1. The predicted molar refractivity (Wildman–Crippen MR) is 204 cm³/mol. The fraction of sp³-hybridized carbons (Fsp3) is 0.300. The van der Waals surface area contributed by atoms with Crippen LogP contribution in [-0.2, 0) is 22.4 Å². The van der Waals surface area contributed by atoms with Crippen LogP contribution in [0.3, 0.4) is 0 Å². The Hall–Kier alpha value is -5.20. The van der Waals surface area contributed by atoms with Gasteiger partial charge in [0.1, 0.15) is 5.00 Å². The molecule has 1 atom stereocenters. The molecule has 0 spiro atoms. The molecule has 268 valence electrons. The highest BCUT2D eigenvalue weighted by Gasteiger charge is 2.32. The zero-order valence-corrected chi connectivity index (χ0v) is 31.4. The van der Waals surface area contributed by atoms with Gasteiger partial charge < -0.3 is 24.1 Å². The van der Waals surface area contributed by atoms with Crippen LogP contribution in [0.4, 0.5) is 5.69 Å². The molecule has 0 bridgehead atoms. The van der Waals surface area contributed by atoms with E-state index in [4.69, 9.17) is 14.2 Å². The van der Waals surface area contributed by atoms with E-state index in [1.165, 1.54) is 29.5 Å². The van der Waals surface area contributed by atoms with Crippen molar-refractivity contribution in [3.8, 4) is 16.5 Å². The monoisotopic (exact) mass is 736 g/mol. The van der Waals surface area contributed by atoms with E-state index in [2.05, 4.69) is 14.9 Å². The Balaban J connectivity index is 1.33. The van der Waals surface area contributed by atoms with Gasteiger partial charge in [0, 0.05) is 28.2 Å². The van der Waals surface area contributed by atoms with E-state index in [1.807, 2.05) is 76.2 Å². The molecule has 2 aliphatic rings. The van der Waals surface area contributed by atoms with Crippen LogP contribution in [0.2, 0.25) is 0 Å². The van der Waals surface area contributed by atoms with Crippen LogP contribution in [0.5, 0.6) is 11.5 Å². The minimum atomic E-state index is -0.795. The lowest BCUT2D eigenvalue weighted by atomic mass is 9.95. The lowest BCUT2D eigenvalue weighted by Crippen LogP contribution is -2.39. The molecule has 52 heavy (non-hydrogen) atoms. The Bertz CT molecular complexity index is 2400. The van der Waals surface area contributed by atoms with Crippen LogP contribution in [0.1, 0.15) is 76.0 Å². The number of anilines is 1. The molecule has 0 unspecified atom stereocenters. The number of thiazole rings is 1. The number of aromatic nitrogens is 2. The number of carbonyl (C=O) groups excluding carboxylic acids is 2. The average molecular weight is 737 g/mol. The number of thiophene rings is 1. The van der Waals surface area contributed by atoms with Crippen LogP contribution in [0.25, 0.3) is 11.1 Å². The minimum Gasteiger partial charge on any atom is -0.490 e. The van der Waals surface area contributed by atoms with Crippen molar-refractivity contribution in [3.63, 3.8) is 0 Å². The highest BCUT2D eigenvalue weighted by Crippen LogP contribution is 2.40. The van der Waals surface area contributed by atoms with Gasteiger partial charge in [-0.05, 0) is 106 Å². The van der Waals surface area contributed by atoms with E-state index in [0.29, 0.717) is 45.2 Å². The molecule has 1 amide bonds. The molecule has 0 saturated heterocycles. The van der Waals surface area contributed by atoms with E-state index in [9.17, 15) is 14.4 Å². The van der Waals surface area contributed by atoms with E-state index >= 15 is 0 Å². The molecule has 0 radical (unpaired) electrons. The summed E-state index contributed by atoms with van der Waals surface area (Å²) in [6.45, 7) is 8.69. The minimum absolute atomic E-state index is 0.119. The topological polar surface area (TPSA) is 113 Å². The SMILES string of the molecule is CCOc1ccc([C@H]2C(C(=O)OC)=CN=c3s/c(=C\c4cc(C)n(-c5sc6c(c5C(=O)Nc5ccccc5)CCCC6)c4C)c(=O)n32)cc1OCC. The second-order valence-corrected chi connectivity index (χ2v) is 14.7. The Morgan fingerprint density at radius 3 is 2.48 bits per heavy atom. The largest absolute Gasteiger partial charge is 0.490 e. The molecule has 2 aromatic carbocycles. The van der Waals surface area contributed by atoms with Crippen molar-refractivity contribution in [1.29, 1.82) is 0 Å². The lowest BCUT2D eigenvalue weighted by molar-refractivity contribution is -0.136. The van der Waals surface area contributed by atoms with Crippen molar-refractivity contribution in [2.24, 2.45) is 4.99 Å². The molecule has 7 rings (SSSR count). The van der Waals surface area contributed by atoms with Gasteiger partial charge in [-0.3, -0.25) is 14.2 Å². The van der Waals surface area contributed by atoms with Gasteiger partial charge in [0.15, 0.2) is 16.3 Å². The van der Waals surface area contributed by atoms with Gasteiger partial charge in [-0.2, -0.15) is 0 Å². The van der Waals surface area contributed by atoms with Crippen LogP contribution < -0.4 is 29.7 Å². The van der Waals surface area contributed by atoms with Crippen LogP contribution in [0, 0.1) is 13.8 Å². The quantitative estimate of drug-likeness (QED) is 0.166. The Labute approximate surface area is 309 Å². The van der Waals surface area contributed by atoms with Gasteiger partial charge >= 0.3 is 5.97 Å². The van der Waals surface area contributed by atoms with Gasteiger partial charge in [-0.1, -0.05) is 35.6 Å². The van der Waals surface area contributed by atoms with Gasteiger partial charge in [0.25, 0.3) is 11.5 Å². The highest BCUT2D eigenvalue weighted by molar-refractivity contribution is 7.15. The number of rotatable bonds is 10. The molecular weight excluding hydrogens is 697 g/mol. The third-order valence-electron chi connectivity index (χ3n) is 9.38. The number of hydrogen-bond acceptors (Lipinski definition) is 9. The molecule has 0 fully saturated rings. The maximum absolute atomic E-state index is 14.4. The molecular formula is C40H40N4O6S2. The maximum Gasteiger partial charge on any atom is 0.337 e. The number of esters is 1. The molecule has 0 saturated carbocycles. The maximum atomic E-state index is 14.4. The molecule has 3 aromatic heterocycles. The summed E-state index contributed by atoms with van der Waals surface area (Å²) >= 11 is 2.94. The van der Waals surface area contributed by atoms with Crippen molar-refractivity contribution < 1.29 is 23.8 Å². The first-order valence-corrected chi connectivity index (χ1v) is 19.1. The number of nitrogens with zero attached hydrogens (tertiary/aromatic N) is 3.